The maximum Gasteiger partial charge on any atom is 0.472 e. The summed E-state index contributed by atoms with van der Waals surface area (Å²) in [6.07, 6.45) is -1.63. The SMILES string of the molecule is Nc1nc2c(ncn2[C@@H]2C3CC34COP(=O)(O)O[C@@H]3[C@@H](COP(=O)(O)O[C@H]4[C@H]2O)C[C@@H](n2cnc4c(N)ncnc42)[C@@H]3O)c(=O)[nH]1. The van der Waals surface area contributed by atoms with E-state index >= 15 is 0 Å². The maximum absolute atomic E-state index is 13.3. The first kappa shape index (κ1) is 30.0. The number of nitrogens with zero attached hydrogens (tertiary/aromatic N) is 7. The molecule has 21 nitrogen and oxygen atoms in total. The quantitative estimate of drug-likeness (QED) is 0.124. The number of aromatic amines is 1. The summed E-state index contributed by atoms with van der Waals surface area (Å²) in [4.78, 5) is 56.9. The van der Waals surface area contributed by atoms with Gasteiger partial charge in [-0.3, -0.25) is 27.9 Å². The lowest BCUT2D eigenvalue weighted by Gasteiger charge is -2.32. The zero-order valence-electron chi connectivity index (χ0n) is 23.5. The third kappa shape index (κ3) is 4.54. The number of fused-ring (bicyclic) bond motifs is 3. The van der Waals surface area contributed by atoms with Crippen molar-refractivity contribution in [1.29, 1.82) is 0 Å². The number of aliphatic hydroxyl groups excluding tert-OH is 2. The van der Waals surface area contributed by atoms with E-state index in [-0.39, 0.29) is 46.9 Å². The van der Waals surface area contributed by atoms with E-state index in [2.05, 4.69) is 29.9 Å². The van der Waals surface area contributed by atoms with Crippen molar-refractivity contribution < 1.29 is 47.2 Å². The van der Waals surface area contributed by atoms with Gasteiger partial charge in [0, 0.05) is 11.3 Å². The molecule has 0 amide bonds. The highest BCUT2D eigenvalue weighted by Gasteiger charge is 2.74. The Kier molecular flexibility index (Phi) is 6.57. The van der Waals surface area contributed by atoms with Crippen LogP contribution >= 0.6 is 15.6 Å². The van der Waals surface area contributed by atoms with Crippen molar-refractivity contribution in [1.82, 2.24) is 39.0 Å². The van der Waals surface area contributed by atoms with Crippen molar-refractivity contribution in [3.8, 4) is 0 Å². The number of aromatic nitrogens is 8. The van der Waals surface area contributed by atoms with Crippen LogP contribution in [0.5, 0.6) is 0 Å². The molecule has 4 unspecified atom stereocenters. The van der Waals surface area contributed by atoms with E-state index in [0.29, 0.717) is 0 Å². The Bertz CT molecular complexity index is 2040. The minimum atomic E-state index is -4.91. The first-order valence-electron chi connectivity index (χ1n) is 14.1. The summed E-state index contributed by atoms with van der Waals surface area (Å²) in [5, 5.41) is 22.8. The van der Waals surface area contributed by atoms with Gasteiger partial charge in [0.2, 0.25) is 5.95 Å². The summed E-state index contributed by atoms with van der Waals surface area (Å²) in [6.45, 7) is -1.08. The second-order valence-corrected chi connectivity index (χ2v) is 14.9. The van der Waals surface area contributed by atoms with Gasteiger partial charge in [0.1, 0.15) is 36.3 Å². The molecule has 1 saturated heterocycles. The van der Waals surface area contributed by atoms with Crippen LogP contribution in [0, 0.1) is 17.3 Å². The summed E-state index contributed by atoms with van der Waals surface area (Å²) in [5.41, 5.74) is 10.3. The van der Waals surface area contributed by atoms with Gasteiger partial charge in [-0.25, -0.2) is 29.1 Å². The summed E-state index contributed by atoms with van der Waals surface area (Å²) < 4.78 is 51.5. The van der Waals surface area contributed by atoms with Crippen LogP contribution in [-0.2, 0) is 27.2 Å². The highest BCUT2D eigenvalue weighted by Crippen LogP contribution is 2.72. The van der Waals surface area contributed by atoms with Gasteiger partial charge in [0.25, 0.3) is 5.56 Å². The molecule has 1 aliphatic heterocycles. The van der Waals surface area contributed by atoms with Gasteiger partial charge in [0.15, 0.2) is 22.6 Å². The molecular formula is C23H28N10O11P2. The monoisotopic (exact) mass is 682 g/mol. The Balaban J connectivity index is 1.11. The molecule has 11 atom stereocenters. The van der Waals surface area contributed by atoms with Crippen molar-refractivity contribution >= 4 is 49.7 Å². The molecule has 0 aromatic carbocycles. The number of nitrogens with one attached hydrogen (secondary N) is 1. The second-order valence-electron chi connectivity index (χ2n) is 12.0. The Morgan fingerprint density at radius 2 is 1.70 bits per heavy atom. The van der Waals surface area contributed by atoms with Gasteiger partial charge < -0.3 is 40.6 Å². The van der Waals surface area contributed by atoms with E-state index in [4.69, 9.17) is 29.6 Å². The van der Waals surface area contributed by atoms with E-state index in [1.165, 1.54) is 28.1 Å². The molecule has 246 valence electrons. The van der Waals surface area contributed by atoms with E-state index in [1.54, 1.807) is 0 Å². The van der Waals surface area contributed by atoms with Crippen molar-refractivity contribution in [2.45, 2.75) is 49.3 Å². The zero-order chi connectivity index (χ0) is 32.3. The van der Waals surface area contributed by atoms with Crippen LogP contribution in [0.1, 0.15) is 24.9 Å². The van der Waals surface area contributed by atoms with Crippen LogP contribution in [0.3, 0.4) is 0 Å². The standard InChI is InChI=1S/C23H28N10O11P2/c24-18-11-19(27-5-26-18)32(6-28-11)10-1-8-3-41-45(37,38)44-17-15(35)13(33-7-29-12-20(33)30-22(25)31-21(12)36)9-2-23(9,17)4-42-46(39,40)43-16(8)14(10)34/h5-10,13-17,34-35H,1-4H2,(H,37,38)(H,39,40)(H2,24,26,27)(H3,25,30,31,36)/t8-,9?,10-,13-,14+,15+,16-,17+,23?/m1/s1. The summed E-state index contributed by atoms with van der Waals surface area (Å²) >= 11 is 0. The molecule has 4 fully saturated rings. The Morgan fingerprint density at radius 1 is 0.957 bits per heavy atom. The summed E-state index contributed by atoms with van der Waals surface area (Å²) in [5.74, 6) is -1.55. The lowest BCUT2D eigenvalue weighted by Crippen LogP contribution is -2.39. The highest BCUT2D eigenvalue weighted by molar-refractivity contribution is 7.47. The normalized spacial score (nSPS) is 41.0. The molecule has 4 aromatic heterocycles. The minimum Gasteiger partial charge on any atom is -0.388 e. The molecule has 9 N–H and O–H groups in total. The van der Waals surface area contributed by atoms with Gasteiger partial charge in [-0.1, -0.05) is 0 Å². The molecule has 3 aliphatic carbocycles. The van der Waals surface area contributed by atoms with E-state index in [1.807, 2.05) is 0 Å². The number of H-pyrrole nitrogens is 1. The summed E-state index contributed by atoms with van der Waals surface area (Å²) in [7, 11) is -9.81. The molecule has 46 heavy (non-hydrogen) atoms. The number of anilines is 2. The van der Waals surface area contributed by atoms with E-state index in [9.17, 15) is 33.9 Å². The molecule has 4 aliphatic rings. The Labute approximate surface area is 256 Å². The zero-order valence-corrected chi connectivity index (χ0v) is 25.3. The number of rotatable bonds is 2. The number of hydrogen-bond donors (Lipinski definition) is 7. The van der Waals surface area contributed by atoms with Gasteiger partial charge in [-0.2, -0.15) is 4.98 Å². The molecule has 23 heteroatoms. The first-order chi connectivity index (χ1) is 21.8. The van der Waals surface area contributed by atoms with Crippen molar-refractivity contribution in [2.75, 3.05) is 24.7 Å². The average molecular weight is 682 g/mol. The molecule has 0 bridgehead atoms. The molecular weight excluding hydrogens is 654 g/mol. The Morgan fingerprint density at radius 3 is 2.50 bits per heavy atom. The number of hydrogen-bond acceptors (Lipinski definition) is 16. The van der Waals surface area contributed by atoms with E-state index < -0.39 is 88.2 Å². The van der Waals surface area contributed by atoms with Crippen molar-refractivity contribution in [3.05, 3.63) is 29.3 Å². The molecule has 1 spiro atoms. The second kappa shape index (κ2) is 10.1. The number of nitrogens with two attached hydrogens (primary N) is 2. The fourth-order valence-electron chi connectivity index (χ4n) is 7.36. The van der Waals surface area contributed by atoms with Crippen LogP contribution < -0.4 is 17.0 Å². The lowest BCUT2D eigenvalue weighted by atomic mass is 10.0. The van der Waals surface area contributed by atoms with Crippen LogP contribution in [0.2, 0.25) is 0 Å². The third-order valence-electron chi connectivity index (χ3n) is 9.52. The van der Waals surface area contributed by atoms with Gasteiger partial charge in [0.05, 0.1) is 38.0 Å². The first-order valence-corrected chi connectivity index (χ1v) is 17.1. The number of phosphoric ester groups is 2. The number of nitrogen functional groups attached to an aromatic ring is 2. The number of imidazole rings is 2. The predicted molar refractivity (Wildman–Crippen MR) is 152 cm³/mol. The number of phosphoric acid groups is 2. The van der Waals surface area contributed by atoms with Gasteiger partial charge >= 0.3 is 15.6 Å². The predicted octanol–water partition coefficient (Wildman–Crippen LogP) is -1.01. The molecule has 0 radical (unpaired) electrons. The molecule has 8 rings (SSSR count). The van der Waals surface area contributed by atoms with Crippen LogP contribution in [0.4, 0.5) is 11.8 Å². The molecule has 3 saturated carbocycles. The van der Waals surface area contributed by atoms with Crippen LogP contribution in [-0.4, -0.2) is 96.7 Å². The summed E-state index contributed by atoms with van der Waals surface area (Å²) in [6, 6.07) is -1.73. The maximum atomic E-state index is 13.3. The third-order valence-corrected chi connectivity index (χ3v) is 11.5. The van der Waals surface area contributed by atoms with Gasteiger partial charge in [-0.15, -0.1) is 0 Å². The van der Waals surface area contributed by atoms with Crippen LogP contribution in [0.25, 0.3) is 22.3 Å². The smallest absolute Gasteiger partial charge is 0.388 e. The fourth-order valence-corrected chi connectivity index (χ4v) is 9.50. The van der Waals surface area contributed by atoms with Crippen molar-refractivity contribution in [2.24, 2.45) is 17.3 Å². The van der Waals surface area contributed by atoms with Crippen molar-refractivity contribution in [3.63, 3.8) is 0 Å². The molecule has 5 heterocycles. The Hall–Kier alpha value is -3.36. The highest BCUT2D eigenvalue weighted by atomic mass is 31.2. The van der Waals surface area contributed by atoms with Gasteiger partial charge in [-0.05, 0) is 18.8 Å². The van der Waals surface area contributed by atoms with Crippen LogP contribution in [0.15, 0.2) is 23.8 Å². The lowest BCUT2D eigenvalue weighted by molar-refractivity contribution is -0.0516. The van der Waals surface area contributed by atoms with E-state index in [0.717, 1.165) is 0 Å². The molecule has 4 aromatic rings. The minimum absolute atomic E-state index is 0.0320. The average Bonchev–Trinajstić information content (AvgIpc) is 3.25. The topological polar surface area (TPSA) is 311 Å². The number of aliphatic hydroxyl groups is 2. The largest absolute Gasteiger partial charge is 0.472 e. The fraction of sp³-hybridized carbons (Fsp3) is 0.565.